The fraction of sp³-hybridized carbons (Fsp3) is 0.571. The summed E-state index contributed by atoms with van der Waals surface area (Å²) in [5, 5.41) is 1.13. The summed E-state index contributed by atoms with van der Waals surface area (Å²) in [5.41, 5.74) is 4.32. The molecule has 3 aliphatic heterocycles. The number of carbonyl (C=O) groups is 1. The number of carbonyl (C=O) groups excluding carboxylic acids is 1. The summed E-state index contributed by atoms with van der Waals surface area (Å²) >= 11 is 6.40. The van der Waals surface area contributed by atoms with Gasteiger partial charge in [-0.1, -0.05) is 25.0 Å². The fourth-order valence-electron chi connectivity index (χ4n) is 6.24. The number of rotatable bonds is 2. The van der Waals surface area contributed by atoms with Crippen LogP contribution in [0.1, 0.15) is 43.0 Å². The van der Waals surface area contributed by atoms with Crippen LogP contribution in [0, 0.1) is 18.8 Å². The SMILES string of the molecule is CCC1CC2CN3CCc4c([nH]c5ccc(C)cc45)C(C(=O)Cl)(C2)C13. The molecule has 1 aromatic carbocycles. The standard InChI is InChI=1S/C21H25ClN2O/c1-3-14-9-13-10-21(20(22)25)18-15(6-7-24(11-13)19(14)21)16-8-12(2)4-5-17(16)23-18/h4-5,8,13-14,19,23H,3,6-7,9-11H2,1-2H3. The summed E-state index contributed by atoms with van der Waals surface area (Å²) < 4.78 is 0. The summed E-state index contributed by atoms with van der Waals surface area (Å²) in [5.74, 6) is 1.14. The molecule has 1 saturated carbocycles. The molecule has 1 aliphatic carbocycles. The van der Waals surface area contributed by atoms with E-state index in [2.05, 4.69) is 41.9 Å². The van der Waals surface area contributed by atoms with Crippen molar-refractivity contribution in [1.29, 1.82) is 0 Å². The first-order chi connectivity index (χ1) is 12.0. The lowest BCUT2D eigenvalue weighted by molar-refractivity contribution is -0.130. The monoisotopic (exact) mass is 356 g/mol. The molecular formula is C21H25ClN2O. The molecule has 6 rings (SSSR count). The van der Waals surface area contributed by atoms with E-state index in [1.165, 1.54) is 22.9 Å². The van der Waals surface area contributed by atoms with Crippen molar-refractivity contribution in [3.8, 4) is 0 Å². The molecule has 4 bridgehead atoms. The zero-order valence-electron chi connectivity index (χ0n) is 14.9. The first-order valence-corrected chi connectivity index (χ1v) is 9.98. The first-order valence-electron chi connectivity index (χ1n) is 9.60. The highest BCUT2D eigenvalue weighted by atomic mass is 35.5. The summed E-state index contributed by atoms with van der Waals surface area (Å²) in [4.78, 5) is 19.2. The van der Waals surface area contributed by atoms with Crippen LogP contribution in [0.25, 0.3) is 10.9 Å². The Labute approximate surface area is 153 Å². The third kappa shape index (κ3) is 2.00. The molecule has 4 aliphatic rings. The van der Waals surface area contributed by atoms with Gasteiger partial charge in [-0.2, -0.15) is 0 Å². The Kier molecular flexibility index (Phi) is 3.40. The highest BCUT2D eigenvalue weighted by Crippen LogP contribution is 2.55. The van der Waals surface area contributed by atoms with Crippen LogP contribution in [-0.4, -0.2) is 34.3 Å². The molecule has 3 fully saturated rings. The van der Waals surface area contributed by atoms with Crippen LogP contribution < -0.4 is 0 Å². The maximum atomic E-state index is 13.0. The minimum atomic E-state index is -0.553. The topological polar surface area (TPSA) is 36.1 Å². The van der Waals surface area contributed by atoms with Gasteiger partial charge in [-0.25, -0.2) is 0 Å². The minimum absolute atomic E-state index is 0.156. The van der Waals surface area contributed by atoms with E-state index < -0.39 is 5.41 Å². The van der Waals surface area contributed by atoms with Gasteiger partial charge < -0.3 is 4.98 Å². The molecule has 4 heterocycles. The summed E-state index contributed by atoms with van der Waals surface area (Å²) in [6, 6.07) is 6.81. The number of piperidine rings is 2. The number of aromatic nitrogens is 1. The first kappa shape index (κ1) is 15.9. The number of hydrogen-bond donors (Lipinski definition) is 1. The Morgan fingerprint density at radius 3 is 3.04 bits per heavy atom. The van der Waals surface area contributed by atoms with Gasteiger partial charge in [0.1, 0.15) is 5.41 Å². The molecule has 2 saturated heterocycles. The van der Waals surface area contributed by atoms with E-state index in [0.29, 0.717) is 11.8 Å². The Balaban J connectivity index is 1.81. The molecule has 1 aromatic heterocycles. The molecule has 1 N–H and O–H groups in total. The molecule has 0 amide bonds. The highest BCUT2D eigenvalue weighted by Gasteiger charge is 2.61. The molecule has 0 spiro atoms. The Bertz CT molecular complexity index is 872. The predicted molar refractivity (Wildman–Crippen MR) is 101 cm³/mol. The van der Waals surface area contributed by atoms with Crippen LogP contribution in [-0.2, 0) is 16.6 Å². The van der Waals surface area contributed by atoms with Crippen LogP contribution in [0.15, 0.2) is 18.2 Å². The van der Waals surface area contributed by atoms with Crippen molar-refractivity contribution in [2.75, 3.05) is 13.1 Å². The number of fused-ring (bicyclic) bond motifs is 4. The molecule has 2 aromatic rings. The zero-order chi connectivity index (χ0) is 17.3. The molecular weight excluding hydrogens is 332 g/mol. The van der Waals surface area contributed by atoms with E-state index in [1.807, 2.05) is 0 Å². The van der Waals surface area contributed by atoms with Crippen molar-refractivity contribution in [2.24, 2.45) is 11.8 Å². The number of hydrogen-bond acceptors (Lipinski definition) is 2. The van der Waals surface area contributed by atoms with Gasteiger partial charge in [-0.3, -0.25) is 9.69 Å². The maximum Gasteiger partial charge on any atom is 0.235 e. The van der Waals surface area contributed by atoms with Crippen molar-refractivity contribution < 1.29 is 4.79 Å². The van der Waals surface area contributed by atoms with Gasteiger partial charge in [-0.15, -0.1) is 0 Å². The van der Waals surface area contributed by atoms with Gasteiger partial charge in [0, 0.05) is 35.7 Å². The number of H-pyrrole nitrogens is 1. The number of nitrogens with zero attached hydrogens (tertiary/aromatic N) is 1. The predicted octanol–water partition coefficient (Wildman–Crippen LogP) is 4.16. The lowest BCUT2D eigenvalue weighted by atomic mass is 9.57. The average Bonchev–Trinajstić information content (AvgIpc) is 2.92. The largest absolute Gasteiger partial charge is 0.357 e. The van der Waals surface area contributed by atoms with E-state index in [-0.39, 0.29) is 11.3 Å². The third-order valence-electron chi connectivity index (χ3n) is 7.12. The van der Waals surface area contributed by atoms with Crippen molar-refractivity contribution >= 4 is 27.7 Å². The maximum absolute atomic E-state index is 13.0. The van der Waals surface area contributed by atoms with Gasteiger partial charge in [-0.05, 0) is 67.3 Å². The molecule has 25 heavy (non-hydrogen) atoms. The quantitative estimate of drug-likeness (QED) is 0.820. The Morgan fingerprint density at radius 1 is 1.44 bits per heavy atom. The normalized spacial score (nSPS) is 36.3. The molecule has 3 nitrogen and oxygen atoms in total. The van der Waals surface area contributed by atoms with Crippen molar-refractivity contribution in [2.45, 2.75) is 51.0 Å². The highest BCUT2D eigenvalue weighted by molar-refractivity contribution is 6.65. The minimum Gasteiger partial charge on any atom is -0.357 e. The third-order valence-corrected chi connectivity index (χ3v) is 7.45. The van der Waals surface area contributed by atoms with Gasteiger partial charge in [0.2, 0.25) is 5.24 Å². The molecule has 4 heteroatoms. The lowest BCUT2D eigenvalue weighted by Crippen LogP contribution is -2.66. The summed E-state index contributed by atoms with van der Waals surface area (Å²) in [7, 11) is 0. The Hall–Kier alpha value is -1.32. The van der Waals surface area contributed by atoms with Crippen LogP contribution in [0.2, 0.25) is 0 Å². The fourth-order valence-corrected chi connectivity index (χ4v) is 6.52. The van der Waals surface area contributed by atoms with E-state index in [9.17, 15) is 4.79 Å². The van der Waals surface area contributed by atoms with Crippen LogP contribution in [0.3, 0.4) is 0 Å². The van der Waals surface area contributed by atoms with Gasteiger partial charge in [0.05, 0.1) is 0 Å². The number of nitrogens with one attached hydrogen (secondary N) is 1. The van der Waals surface area contributed by atoms with E-state index in [0.717, 1.165) is 43.6 Å². The summed E-state index contributed by atoms with van der Waals surface area (Å²) in [6.07, 6.45) is 4.28. The molecule has 0 radical (unpaired) electrons. The second kappa shape index (κ2) is 5.34. The van der Waals surface area contributed by atoms with Gasteiger partial charge in [0.25, 0.3) is 0 Å². The zero-order valence-corrected chi connectivity index (χ0v) is 15.7. The Morgan fingerprint density at radius 2 is 2.28 bits per heavy atom. The molecule has 5 unspecified atom stereocenters. The number of benzene rings is 1. The molecule has 5 atom stereocenters. The van der Waals surface area contributed by atoms with Crippen molar-refractivity contribution in [3.63, 3.8) is 0 Å². The van der Waals surface area contributed by atoms with Crippen molar-refractivity contribution in [1.82, 2.24) is 9.88 Å². The molecule has 132 valence electrons. The van der Waals surface area contributed by atoms with Crippen LogP contribution in [0.5, 0.6) is 0 Å². The van der Waals surface area contributed by atoms with Crippen LogP contribution in [0.4, 0.5) is 0 Å². The van der Waals surface area contributed by atoms with E-state index in [4.69, 9.17) is 11.6 Å². The number of aryl methyl sites for hydroxylation is 1. The van der Waals surface area contributed by atoms with E-state index >= 15 is 0 Å². The second-order valence-electron chi connectivity index (χ2n) is 8.44. The summed E-state index contributed by atoms with van der Waals surface area (Å²) in [6.45, 7) is 6.57. The number of halogens is 1. The van der Waals surface area contributed by atoms with Gasteiger partial charge in [0.15, 0.2) is 0 Å². The van der Waals surface area contributed by atoms with Gasteiger partial charge >= 0.3 is 0 Å². The number of aromatic amines is 1. The van der Waals surface area contributed by atoms with Crippen LogP contribution >= 0.6 is 11.6 Å². The van der Waals surface area contributed by atoms with Crippen molar-refractivity contribution in [3.05, 3.63) is 35.0 Å². The average molecular weight is 357 g/mol. The lowest BCUT2D eigenvalue weighted by Gasteiger charge is -2.58. The van der Waals surface area contributed by atoms with E-state index in [1.54, 1.807) is 0 Å². The second-order valence-corrected chi connectivity index (χ2v) is 8.78. The smallest absolute Gasteiger partial charge is 0.235 e.